The maximum Gasteiger partial charge on any atom is 0.389 e. The summed E-state index contributed by atoms with van der Waals surface area (Å²) in [5.74, 6) is -1.09. The SMILES string of the molecule is CC(CC(F)(F)F)C(CO)NS(=O)(=O)c1ccc(Cl)s1. The predicted octanol–water partition coefficient (Wildman–Crippen LogP) is 2.63. The first-order valence-corrected chi connectivity index (χ1v) is 8.18. The number of sulfonamides is 1. The molecule has 1 rings (SSSR count). The summed E-state index contributed by atoms with van der Waals surface area (Å²) in [7, 11) is -3.99. The minimum atomic E-state index is -4.43. The second-order valence-corrected chi connectivity index (χ2v) is 7.92. The van der Waals surface area contributed by atoms with Gasteiger partial charge in [0.05, 0.1) is 10.9 Å². The van der Waals surface area contributed by atoms with E-state index in [9.17, 15) is 21.6 Å². The van der Waals surface area contributed by atoms with Crippen molar-refractivity contribution in [2.45, 2.75) is 29.8 Å². The van der Waals surface area contributed by atoms with Crippen molar-refractivity contribution in [3.05, 3.63) is 16.5 Å². The fourth-order valence-electron chi connectivity index (χ4n) is 1.54. The summed E-state index contributed by atoms with van der Waals surface area (Å²) in [4.78, 5) is 0. The second kappa shape index (κ2) is 6.61. The van der Waals surface area contributed by atoms with Gasteiger partial charge in [-0.05, 0) is 18.1 Å². The van der Waals surface area contributed by atoms with Crippen molar-refractivity contribution in [2.24, 2.45) is 5.92 Å². The molecule has 0 radical (unpaired) electrons. The van der Waals surface area contributed by atoms with E-state index in [1.54, 1.807) is 0 Å². The van der Waals surface area contributed by atoms with Crippen molar-refractivity contribution in [3.8, 4) is 0 Å². The largest absolute Gasteiger partial charge is 0.395 e. The first kappa shape index (κ1) is 17.7. The second-order valence-electron chi connectivity index (χ2n) is 4.27. The Morgan fingerprint density at radius 3 is 2.45 bits per heavy atom. The van der Waals surface area contributed by atoms with E-state index in [2.05, 4.69) is 4.72 Å². The molecule has 0 aliphatic carbocycles. The third-order valence-electron chi connectivity index (χ3n) is 2.56. The van der Waals surface area contributed by atoms with Gasteiger partial charge in [-0.2, -0.15) is 13.2 Å². The fraction of sp³-hybridized carbons (Fsp3) is 0.600. The van der Waals surface area contributed by atoms with Gasteiger partial charge in [0.2, 0.25) is 10.0 Å². The molecule has 0 aliphatic heterocycles. The van der Waals surface area contributed by atoms with Gasteiger partial charge < -0.3 is 5.11 Å². The van der Waals surface area contributed by atoms with Gasteiger partial charge in [-0.1, -0.05) is 18.5 Å². The van der Waals surface area contributed by atoms with Crippen LogP contribution in [-0.4, -0.2) is 32.3 Å². The van der Waals surface area contributed by atoms with Crippen LogP contribution >= 0.6 is 22.9 Å². The highest BCUT2D eigenvalue weighted by Crippen LogP contribution is 2.28. The molecule has 0 bridgehead atoms. The number of thiophene rings is 1. The molecule has 0 aromatic carbocycles. The minimum absolute atomic E-state index is 0.111. The van der Waals surface area contributed by atoms with Crippen molar-refractivity contribution in [1.82, 2.24) is 4.72 Å². The average molecular weight is 352 g/mol. The van der Waals surface area contributed by atoms with Crippen LogP contribution < -0.4 is 4.72 Å². The van der Waals surface area contributed by atoms with Gasteiger partial charge in [-0.25, -0.2) is 13.1 Å². The Morgan fingerprint density at radius 1 is 1.45 bits per heavy atom. The number of hydrogen-bond donors (Lipinski definition) is 2. The fourth-order valence-corrected chi connectivity index (χ4v) is 4.38. The standard InChI is InChI=1S/C10H13ClF3NO3S2/c1-6(4-10(12,13)14)7(5-16)15-20(17,18)9-3-2-8(11)19-9/h2-3,6-7,15-16H,4-5H2,1H3. The highest BCUT2D eigenvalue weighted by atomic mass is 35.5. The Bertz CT molecular complexity index is 544. The highest BCUT2D eigenvalue weighted by molar-refractivity contribution is 7.91. The van der Waals surface area contributed by atoms with Crippen LogP contribution in [0.5, 0.6) is 0 Å². The normalized spacial score (nSPS) is 16.1. The third-order valence-corrected chi connectivity index (χ3v) is 5.77. The van der Waals surface area contributed by atoms with Gasteiger partial charge in [-0.15, -0.1) is 11.3 Å². The Balaban J connectivity index is 2.82. The molecule has 0 spiro atoms. The molecular weight excluding hydrogens is 339 g/mol. The van der Waals surface area contributed by atoms with Crippen LogP contribution in [0.4, 0.5) is 13.2 Å². The number of rotatable bonds is 6. The van der Waals surface area contributed by atoms with E-state index in [1.807, 2.05) is 0 Å². The first-order chi connectivity index (χ1) is 9.05. The topological polar surface area (TPSA) is 66.4 Å². The number of halogens is 4. The maximum absolute atomic E-state index is 12.3. The molecule has 1 heterocycles. The van der Waals surface area contributed by atoms with Gasteiger partial charge in [0, 0.05) is 12.5 Å². The van der Waals surface area contributed by atoms with Crippen LogP contribution in [0.2, 0.25) is 4.34 Å². The zero-order valence-electron chi connectivity index (χ0n) is 10.3. The summed E-state index contributed by atoms with van der Waals surface area (Å²) in [6, 6.07) is 1.40. The summed E-state index contributed by atoms with van der Waals surface area (Å²) in [6.07, 6.45) is -5.61. The lowest BCUT2D eigenvalue weighted by molar-refractivity contribution is -0.145. The molecule has 4 nitrogen and oxygen atoms in total. The maximum atomic E-state index is 12.3. The molecule has 1 aromatic rings. The highest BCUT2D eigenvalue weighted by Gasteiger charge is 2.35. The van der Waals surface area contributed by atoms with Crippen LogP contribution in [0, 0.1) is 5.92 Å². The lowest BCUT2D eigenvalue weighted by Gasteiger charge is -2.23. The Hall–Kier alpha value is -0.350. The molecule has 2 unspecified atom stereocenters. The molecule has 2 N–H and O–H groups in total. The molecule has 116 valence electrons. The van der Waals surface area contributed by atoms with Gasteiger partial charge in [0.25, 0.3) is 0 Å². The van der Waals surface area contributed by atoms with E-state index in [0.717, 1.165) is 11.3 Å². The van der Waals surface area contributed by atoms with Crippen LogP contribution in [0.3, 0.4) is 0 Å². The summed E-state index contributed by atoms with van der Waals surface area (Å²) in [6.45, 7) is 0.494. The van der Waals surface area contributed by atoms with Gasteiger partial charge in [-0.3, -0.25) is 0 Å². The molecule has 0 amide bonds. The smallest absolute Gasteiger partial charge is 0.389 e. The predicted molar refractivity (Wildman–Crippen MR) is 70.4 cm³/mol. The van der Waals surface area contributed by atoms with Gasteiger partial charge in [0.15, 0.2) is 0 Å². The van der Waals surface area contributed by atoms with E-state index in [0.29, 0.717) is 0 Å². The Morgan fingerprint density at radius 2 is 2.05 bits per heavy atom. The van der Waals surface area contributed by atoms with Crippen LogP contribution in [0.25, 0.3) is 0 Å². The summed E-state index contributed by atoms with van der Waals surface area (Å²) >= 11 is 6.40. The molecule has 2 atom stereocenters. The number of aliphatic hydroxyl groups excluding tert-OH is 1. The molecule has 0 aliphatic rings. The molecular formula is C10H13ClF3NO3S2. The van der Waals surface area contributed by atoms with Crippen molar-refractivity contribution >= 4 is 33.0 Å². The van der Waals surface area contributed by atoms with Gasteiger partial charge in [0.1, 0.15) is 4.21 Å². The van der Waals surface area contributed by atoms with E-state index in [1.165, 1.54) is 19.1 Å². The van der Waals surface area contributed by atoms with Crippen LogP contribution in [0.1, 0.15) is 13.3 Å². The minimum Gasteiger partial charge on any atom is -0.395 e. The zero-order valence-corrected chi connectivity index (χ0v) is 12.7. The molecule has 10 heteroatoms. The number of aliphatic hydroxyl groups is 1. The van der Waals surface area contributed by atoms with E-state index >= 15 is 0 Å². The zero-order chi connectivity index (χ0) is 15.6. The summed E-state index contributed by atoms with van der Waals surface area (Å²) < 4.78 is 62.9. The molecule has 1 aromatic heterocycles. The summed E-state index contributed by atoms with van der Waals surface area (Å²) in [5, 5.41) is 9.09. The Kier molecular flexibility index (Phi) is 5.85. The first-order valence-electron chi connectivity index (χ1n) is 5.50. The lowest BCUT2D eigenvalue weighted by Crippen LogP contribution is -2.43. The van der Waals surface area contributed by atoms with Crippen molar-refractivity contribution in [1.29, 1.82) is 0 Å². The van der Waals surface area contributed by atoms with E-state index < -0.39 is 41.2 Å². The van der Waals surface area contributed by atoms with Crippen molar-refractivity contribution in [2.75, 3.05) is 6.61 Å². The van der Waals surface area contributed by atoms with E-state index in [-0.39, 0.29) is 8.55 Å². The number of alkyl halides is 3. The van der Waals surface area contributed by atoms with Crippen LogP contribution in [0.15, 0.2) is 16.3 Å². The van der Waals surface area contributed by atoms with Crippen LogP contribution in [-0.2, 0) is 10.0 Å². The lowest BCUT2D eigenvalue weighted by atomic mass is 10.00. The monoisotopic (exact) mass is 351 g/mol. The van der Waals surface area contributed by atoms with Crippen molar-refractivity contribution in [3.63, 3.8) is 0 Å². The third kappa shape index (κ3) is 5.21. The molecule has 0 saturated heterocycles. The number of nitrogens with one attached hydrogen (secondary N) is 1. The Labute approximate surface area is 123 Å². The molecule has 0 saturated carbocycles. The molecule has 0 fully saturated rings. The molecule has 20 heavy (non-hydrogen) atoms. The van der Waals surface area contributed by atoms with Gasteiger partial charge >= 0.3 is 6.18 Å². The average Bonchev–Trinajstić information content (AvgIpc) is 2.71. The summed E-state index contributed by atoms with van der Waals surface area (Å²) in [5.41, 5.74) is 0. The van der Waals surface area contributed by atoms with E-state index in [4.69, 9.17) is 16.7 Å². The quantitative estimate of drug-likeness (QED) is 0.828. The number of hydrogen-bond acceptors (Lipinski definition) is 4. The van der Waals surface area contributed by atoms with Crippen molar-refractivity contribution < 1.29 is 26.7 Å².